The van der Waals surface area contributed by atoms with Crippen molar-refractivity contribution in [2.45, 2.75) is 49.2 Å². The molecule has 0 heterocycles. The van der Waals surface area contributed by atoms with Crippen LogP contribution in [0.25, 0.3) is 0 Å². The number of hydrogen-bond acceptors (Lipinski definition) is 0. The maximum atomic E-state index is 6.32. The topological polar surface area (TPSA) is 0 Å². The van der Waals surface area contributed by atoms with Gasteiger partial charge < -0.3 is 0 Å². The average molecular weight is 214 g/mol. The summed E-state index contributed by atoms with van der Waals surface area (Å²) in [5.41, 5.74) is 0. The Morgan fingerprint density at radius 3 is 2.46 bits per heavy atom. The lowest BCUT2D eigenvalue weighted by atomic mass is 10.1. The molecule has 3 unspecified atom stereocenters. The average Bonchev–Trinajstić information content (AvgIpc) is 2.64. The Labute approximate surface area is 88.0 Å². The molecule has 0 aromatic rings. The number of halogens is 1. The van der Waals surface area contributed by atoms with Gasteiger partial charge in [0.15, 0.2) is 0 Å². The summed E-state index contributed by atoms with van der Waals surface area (Å²) in [4.78, 5) is 0. The standard InChI is InChI=1S/C11H18ClSi/c1-3-13(4-2)11-6-5-9(7-11)10(12)8-11/h5-6,9-10H,3-4,7-8H2,1-2H3. The van der Waals surface area contributed by atoms with Crippen molar-refractivity contribution in [3.63, 3.8) is 0 Å². The van der Waals surface area contributed by atoms with Gasteiger partial charge in [-0.05, 0) is 23.8 Å². The van der Waals surface area contributed by atoms with E-state index in [2.05, 4.69) is 26.0 Å². The monoisotopic (exact) mass is 213 g/mol. The highest BCUT2D eigenvalue weighted by molar-refractivity contribution is 6.63. The molecular weight excluding hydrogens is 196 g/mol. The van der Waals surface area contributed by atoms with Crippen molar-refractivity contribution in [1.29, 1.82) is 0 Å². The molecule has 2 rings (SSSR count). The minimum atomic E-state index is -0.173. The lowest BCUT2D eigenvalue weighted by Gasteiger charge is -2.31. The lowest BCUT2D eigenvalue weighted by Crippen LogP contribution is -2.27. The molecule has 0 aliphatic heterocycles. The van der Waals surface area contributed by atoms with Crippen LogP contribution in [0, 0.1) is 5.92 Å². The van der Waals surface area contributed by atoms with Crippen LogP contribution in [0.2, 0.25) is 17.1 Å². The van der Waals surface area contributed by atoms with Crippen molar-refractivity contribution >= 4 is 20.4 Å². The highest BCUT2D eigenvalue weighted by Crippen LogP contribution is 2.59. The molecular formula is C11H18ClSi. The molecule has 0 nitrogen and oxygen atoms in total. The Bertz CT molecular complexity index is 222. The van der Waals surface area contributed by atoms with Crippen LogP contribution in [0.3, 0.4) is 0 Å². The van der Waals surface area contributed by atoms with Gasteiger partial charge in [0.1, 0.15) is 0 Å². The Morgan fingerprint density at radius 1 is 1.38 bits per heavy atom. The summed E-state index contributed by atoms with van der Waals surface area (Å²) in [5, 5.41) is 1.04. The molecule has 1 fully saturated rings. The summed E-state index contributed by atoms with van der Waals surface area (Å²) in [6.07, 6.45) is 7.54. The predicted molar refractivity (Wildman–Crippen MR) is 60.9 cm³/mol. The number of hydrogen-bond donors (Lipinski definition) is 0. The molecule has 1 saturated carbocycles. The summed E-state index contributed by atoms with van der Waals surface area (Å²) < 4.78 is 0. The SMILES string of the molecule is CC[Si](CC)C12C=CC(C1)C(Cl)C2. The van der Waals surface area contributed by atoms with Gasteiger partial charge in [0, 0.05) is 5.38 Å². The van der Waals surface area contributed by atoms with E-state index in [0.29, 0.717) is 16.3 Å². The minimum absolute atomic E-state index is 0.173. The van der Waals surface area contributed by atoms with E-state index in [0.717, 1.165) is 0 Å². The molecule has 0 spiro atoms. The fourth-order valence-electron chi connectivity index (χ4n) is 3.12. The smallest absolute Gasteiger partial charge is 0.0591 e. The molecule has 0 N–H and O–H groups in total. The van der Waals surface area contributed by atoms with Gasteiger partial charge in [-0.25, -0.2) is 0 Å². The molecule has 73 valence electrons. The lowest BCUT2D eigenvalue weighted by molar-refractivity contribution is 0.688. The quantitative estimate of drug-likeness (QED) is 0.380. The molecule has 13 heavy (non-hydrogen) atoms. The number of fused-ring (bicyclic) bond motifs is 2. The highest BCUT2D eigenvalue weighted by atomic mass is 35.5. The fourth-order valence-corrected chi connectivity index (χ4v) is 6.98. The van der Waals surface area contributed by atoms with E-state index in [1.165, 1.54) is 24.9 Å². The predicted octanol–water partition coefficient (Wildman–Crippen LogP) is 3.85. The maximum Gasteiger partial charge on any atom is 0.0591 e. The van der Waals surface area contributed by atoms with Crippen LogP contribution < -0.4 is 0 Å². The Kier molecular flexibility index (Phi) is 2.58. The molecule has 2 bridgehead atoms. The fraction of sp³-hybridized carbons (Fsp3) is 0.818. The molecule has 2 aliphatic rings. The van der Waals surface area contributed by atoms with Gasteiger partial charge in [-0.3, -0.25) is 0 Å². The summed E-state index contributed by atoms with van der Waals surface area (Å²) in [6, 6.07) is 2.81. The van der Waals surface area contributed by atoms with E-state index in [1.807, 2.05) is 0 Å². The van der Waals surface area contributed by atoms with E-state index in [-0.39, 0.29) is 8.80 Å². The summed E-state index contributed by atoms with van der Waals surface area (Å²) in [5.74, 6) is 0.708. The number of allylic oxidation sites excluding steroid dienone is 2. The Balaban J connectivity index is 2.18. The van der Waals surface area contributed by atoms with E-state index >= 15 is 0 Å². The zero-order chi connectivity index (χ0) is 9.47. The van der Waals surface area contributed by atoms with Crippen LogP contribution in [0.1, 0.15) is 26.7 Å². The number of rotatable bonds is 3. The molecule has 2 heteroatoms. The second-order valence-corrected chi connectivity index (χ2v) is 8.59. The minimum Gasteiger partial charge on any atom is -0.122 e. The summed E-state index contributed by atoms with van der Waals surface area (Å²) >= 11 is 6.32. The Hall–Kier alpha value is 0.247. The van der Waals surface area contributed by atoms with Crippen LogP contribution in [0.5, 0.6) is 0 Å². The van der Waals surface area contributed by atoms with Crippen LogP contribution in [0.15, 0.2) is 12.2 Å². The first-order chi connectivity index (χ1) is 6.22. The molecule has 0 amide bonds. The van der Waals surface area contributed by atoms with Crippen molar-refractivity contribution < 1.29 is 0 Å². The van der Waals surface area contributed by atoms with E-state index < -0.39 is 0 Å². The molecule has 0 aromatic heterocycles. The van der Waals surface area contributed by atoms with Crippen LogP contribution in [-0.4, -0.2) is 14.2 Å². The summed E-state index contributed by atoms with van der Waals surface area (Å²) in [6.45, 7) is 4.71. The van der Waals surface area contributed by atoms with Crippen LogP contribution in [-0.2, 0) is 0 Å². The van der Waals surface area contributed by atoms with E-state index in [4.69, 9.17) is 11.6 Å². The molecule has 2 aliphatic carbocycles. The van der Waals surface area contributed by atoms with Gasteiger partial charge in [-0.15, -0.1) is 11.6 Å². The molecule has 0 aromatic carbocycles. The molecule has 0 saturated heterocycles. The van der Waals surface area contributed by atoms with Gasteiger partial charge in [-0.2, -0.15) is 0 Å². The maximum absolute atomic E-state index is 6.32. The van der Waals surface area contributed by atoms with Gasteiger partial charge in [0.25, 0.3) is 0 Å². The Morgan fingerprint density at radius 2 is 2.08 bits per heavy atom. The first-order valence-corrected chi connectivity index (χ1v) is 7.75. The number of alkyl halides is 1. The van der Waals surface area contributed by atoms with Crippen molar-refractivity contribution in [2.75, 3.05) is 0 Å². The normalized spacial score (nSPS) is 42.2. The van der Waals surface area contributed by atoms with Crippen molar-refractivity contribution in [1.82, 2.24) is 0 Å². The first-order valence-electron chi connectivity index (χ1n) is 5.40. The van der Waals surface area contributed by atoms with E-state index in [1.54, 1.807) is 0 Å². The van der Waals surface area contributed by atoms with Gasteiger partial charge in [0.2, 0.25) is 0 Å². The van der Waals surface area contributed by atoms with E-state index in [9.17, 15) is 0 Å². The zero-order valence-corrected chi connectivity index (χ0v) is 10.3. The second-order valence-electron chi connectivity index (χ2n) is 4.41. The van der Waals surface area contributed by atoms with Gasteiger partial charge in [-0.1, -0.05) is 38.1 Å². The molecule has 1 radical (unpaired) electrons. The second kappa shape index (κ2) is 3.43. The van der Waals surface area contributed by atoms with Crippen molar-refractivity contribution in [3.05, 3.63) is 12.2 Å². The largest absolute Gasteiger partial charge is 0.122 e. The van der Waals surface area contributed by atoms with Crippen LogP contribution >= 0.6 is 11.6 Å². The molecule has 3 atom stereocenters. The third-order valence-electron chi connectivity index (χ3n) is 3.84. The van der Waals surface area contributed by atoms with Crippen LogP contribution in [0.4, 0.5) is 0 Å². The zero-order valence-electron chi connectivity index (χ0n) is 8.52. The van der Waals surface area contributed by atoms with Crippen molar-refractivity contribution in [3.8, 4) is 0 Å². The summed E-state index contributed by atoms with van der Waals surface area (Å²) in [7, 11) is -0.173. The highest BCUT2D eigenvalue weighted by Gasteiger charge is 2.49. The third kappa shape index (κ3) is 1.41. The first kappa shape index (κ1) is 9.79. The van der Waals surface area contributed by atoms with Gasteiger partial charge >= 0.3 is 0 Å². The van der Waals surface area contributed by atoms with Crippen molar-refractivity contribution in [2.24, 2.45) is 5.92 Å². The third-order valence-corrected chi connectivity index (χ3v) is 8.01. The van der Waals surface area contributed by atoms with Gasteiger partial charge in [0.05, 0.1) is 8.80 Å².